The number of hydrogen-bond acceptors (Lipinski definition) is 4. The lowest BCUT2D eigenvalue weighted by molar-refractivity contribution is 0.111. The third-order valence-corrected chi connectivity index (χ3v) is 3.07. The van der Waals surface area contributed by atoms with Crippen LogP contribution in [0.25, 0.3) is 0 Å². The van der Waals surface area contributed by atoms with Gasteiger partial charge in [-0.25, -0.2) is 0 Å². The van der Waals surface area contributed by atoms with Gasteiger partial charge in [0, 0.05) is 13.1 Å². The Kier molecular flexibility index (Phi) is 6.46. The zero-order chi connectivity index (χ0) is 15.2. The highest BCUT2D eigenvalue weighted by Gasteiger charge is 2.16. The van der Waals surface area contributed by atoms with E-state index < -0.39 is 12.2 Å². The van der Waals surface area contributed by atoms with Crippen LogP contribution in [0.5, 0.6) is 5.75 Å². The van der Waals surface area contributed by atoms with E-state index in [1.807, 2.05) is 24.3 Å². The Labute approximate surface area is 121 Å². The first kappa shape index (κ1) is 17.0. The summed E-state index contributed by atoms with van der Waals surface area (Å²) >= 11 is 0. The summed E-state index contributed by atoms with van der Waals surface area (Å²) in [6.45, 7) is 7.21. The Morgan fingerprint density at radius 3 is 2.20 bits per heavy atom. The van der Waals surface area contributed by atoms with Crippen molar-refractivity contribution in [2.75, 3.05) is 20.2 Å². The summed E-state index contributed by atoms with van der Waals surface area (Å²) in [5.74, 6) is 0.773. The molecule has 3 N–H and O–H groups in total. The summed E-state index contributed by atoms with van der Waals surface area (Å²) < 4.78 is 5.08. The molecular weight excluding hydrogens is 254 g/mol. The van der Waals surface area contributed by atoms with Gasteiger partial charge in [-0.2, -0.15) is 0 Å². The Morgan fingerprint density at radius 2 is 1.70 bits per heavy atom. The molecule has 2 unspecified atom stereocenters. The number of benzene rings is 1. The molecule has 114 valence electrons. The number of hydrogen-bond donors (Lipinski definition) is 3. The molecule has 0 radical (unpaired) electrons. The van der Waals surface area contributed by atoms with Crippen molar-refractivity contribution in [2.45, 2.75) is 39.4 Å². The molecule has 4 heteroatoms. The lowest BCUT2D eigenvalue weighted by atomic mass is 9.89. The average molecular weight is 281 g/mol. The summed E-state index contributed by atoms with van der Waals surface area (Å²) in [4.78, 5) is 0. The monoisotopic (exact) mass is 281 g/mol. The van der Waals surface area contributed by atoms with Gasteiger partial charge in [-0.1, -0.05) is 32.9 Å². The number of methoxy groups -OCH3 is 1. The number of aliphatic hydroxyl groups excluding tert-OH is 2. The molecule has 0 saturated carbocycles. The van der Waals surface area contributed by atoms with E-state index in [0.29, 0.717) is 13.1 Å². The maximum atomic E-state index is 10.0. The molecule has 1 aromatic carbocycles. The number of ether oxygens (including phenoxy) is 1. The first-order chi connectivity index (χ1) is 9.31. The minimum Gasteiger partial charge on any atom is -0.497 e. The first-order valence-corrected chi connectivity index (χ1v) is 7.02. The fourth-order valence-electron chi connectivity index (χ4n) is 2.11. The normalized spacial score (nSPS) is 14.9. The van der Waals surface area contributed by atoms with Crippen LogP contribution in [0.1, 0.15) is 38.9 Å². The minimum atomic E-state index is -0.581. The van der Waals surface area contributed by atoms with Gasteiger partial charge in [0.05, 0.1) is 19.3 Å². The van der Waals surface area contributed by atoms with E-state index in [1.165, 1.54) is 0 Å². The van der Waals surface area contributed by atoms with Crippen LogP contribution < -0.4 is 10.1 Å². The van der Waals surface area contributed by atoms with Gasteiger partial charge in [0.25, 0.3) is 0 Å². The second-order valence-corrected chi connectivity index (χ2v) is 6.37. The van der Waals surface area contributed by atoms with E-state index in [0.717, 1.165) is 17.7 Å². The molecule has 0 aliphatic heterocycles. The topological polar surface area (TPSA) is 61.7 Å². The van der Waals surface area contributed by atoms with Crippen molar-refractivity contribution in [1.29, 1.82) is 0 Å². The van der Waals surface area contributed by atoms with Crippen LogP contribution in [0.3, 0.4) is 0 Å². The highest BCUT2D eigenvalue weighted by molar-refractivity contribution is 5.28. The summed E-state index contributed by atoms with van der Waals surface area (Å²) in [5.41, 5.74) is 0.944. The van der Waals surface area contributed by atoms with Gasteiger partial charge in [0.1, 0.15) is 5.75 Å². The molecule has 4 nitrogen and oxygen atoms in total. The van der Waals surface area contributed by atoms with Gasteiger partial charge in [-0.05, 0) is 29.5 Å². The summed E-state index contributed by atoms with van der Waals surface area (Å²) in [5, 5.41) is 23.0. The molecular formula is C16H27NO3. The summed E-state index contributed by atoms with van der Waals surface area (Å²) in [7, 11) is 1.61. The van der Waals surface area contributed by atoms with Gasteiger partial charge in [-0.3, -0.25) is 0 Å². The second-order valence-electron chi connectivity index (χ2n) is 6.37. The average Bonchev–Trinajstić information content (AvgIpc) is 2.36. The zero-order valence-electron chi connectivity index (χ0n) is 12.9. The fraction of sp³-hybridized carbons (Fsp3) is 0.625. The van der Waals surface area contributed by atoms with Crippen LogP contribution in [0, 0.1) is 5.41 Å². The van der Waals surface area contributed by atoms with E-state index in [1.54, 1.807) is 7.11 Å². The van der Waals surface area contributed by atoms with Crippen molar-refractivity contribution in [3.05, 3.63) is 29.8 Å². The summed E-state index contributed by atoms with van der Waals surface area (Å²) in [6.07, 6.45) is -0.237. The quantitative estimate of drug-likeness (QED) is 0.716. The van der Waals surface area contributed by atoms with E-state index in [2.05, 4.69) is 26.1 Å². The predicted octanol–water partition coefficient (Wildman–Crippen LogP) is 2.12. The zero-order valence-corrected chi connectivity index (χ0v) is 12.9. The number of aliphatic hydroxyl groups is 2. The van der Waals surface area contributed by atoms with Crippen molar-refractivity contribution in [3.8, 4) is 5.75 Å². The third-order valence-electron chi connectivity index (χ3n) is 3.07. The van der Waals surface area contributed by atoms with E-state index >= 15 is 0 Å². The van der Waals surface area contributed by atoms with Gasteiger partial charge in [0.15, 0.2) is 0 Å². The third kappa shape index (κ3) is 6.37. The molecule has 0 saturated heterocycles. The largest absolute Gasteiger partial charge is 0.497 e. The van der Waals surface area contributed by atoms with Gasteiger partial charge >= 0.3 is 0 Å². The Bertz CT molecular complexity index is 384. The SMILES string of the molecule is COc1ccc(C(O)CNCC(O)CC(C)(C)C)cc1. The molecule has 1 rings (SSSR count). The molecule has 20 heavy (non-hydrogen) atoms. The maximum Gasteiger partial charge on any atom is 0.118 e. The van der Waals surface area contributed by atoms with Crippen molar-refractivity contribution in [1.82, 2.24) is 5.32 Å². The van der Waals surface area contributed by atoms with Crippen LogP contribution >= 0.6 is 0 Å². The molecule has 0 aliphatic rings. The molecule has 1 aromatic rings. The summed E-state index contributed by atoms with van der Waals surface area (Å²) in [6, 6.07) is 7.34. The second kappa shape index (κ2) is 7.62. The number of rotatable bonds is 7. The highest BCUT2D eigenvalue weighted by atomic mass is 16.5. The molecule has 0 spiro atoms. The molecule has 0 amide bonds. The van der Waals surface area contributed by atoms with E-state index in [4.69, 9.17) is 4.74 Å². The van der Waals surface area contributed by atoms with Gasteiger partial charge in [-0.15, -0.1) is 0 Å². The number of nitrogens with one attached hydrogen (secondary N) is 1. The molecule has 0 aromatic heterocycles. The van der Waals surface area contributed by atoms with Gasteiger partial charge in [0.2, 0.25) is 0 Å². The van der Waals surface area contributed by atoms with Crippen molar-refractivity contribution in [2.24, 2.45) is 5.41 Å². The minimum absolute atomic E-state index is 0.107. The molecule has 0 bridgehead atoms. The Morgan fingerprint density at radius 1 is 1.10 bits per heavy atom. The van der Waals surface area contributed by atoms with Crippen molar-refractivity contribution < 1.29 is 14.9 Å². The molecule has 0 aliphatic carbocycles. The highest BCUT2D eigenvalue weighted by Crippen LogP contribution is 2.20. The van der Waals surface area contributed by atoms with Crippen LogP contribution in [-0.2, 0) is 0 Å². The first-order valence-electron chi connectivity index (χ1n) is 7.02. The van der Waals surface area contributed by atoms with E-state index in [9.17, 15) is 10.2 Å². The van der Waals surface area contributed by atoms with Crippen LogP contribution in [0.15, 0.2) is 24.3 Å². The van der Waals surface area contributed by atoms with Crippen LogP contribution in [0.4, 0.5) is 0 Å². The lowest BCUT2D eigenvalue weighted by Crippen LogP contribution is -2.32. The van der Waals surface area contributed by atoms with Gasteiger partial charge < -0.3 is 20.3 Å². The standard InChI is InChI=1S/C16H27NO3/c1-16(2,3)9-13(18)10-17-11-15(19)12-5-7-14(20-4)8-6-12/h5-8,13,15,17-19H,9-11H2,1-4H3. The Hall–Kier alpha value is -1.10. The van der Waals surface area contributed by atoms with Crippen molar-refractivity contribution >= 4 is 0 Å². The fourth-order valence-corrected chi connectivity index (χ4v) is 2.11. The Balaban J connectivity index is 2.33. The molecule has 0 fully saturated rings. The van der Waals surface area contributed by atoms with Crippen LogP contribution in [-0.4, -0.2) is 36.5 Å². The lowest BCUT2D eigenvalue weighted by Gasteiger charge is -2.23. The van der Waals surface area contributed by atoms with Crippen LogP contribution in [0.2, 0.25) is 0 Å². The molecule has 2 atom stereocenters. The predicted molar refractivity (Wildman–Crippen MR) is 80.9 cm³/mol. The van der Waals surface area contributed by atoms with E-state index in [-0.39, 0.29) is 5.41 Å². The van der Waals surface area contributed by atoms with Crippen molar-refractivity contribution in [3.63, 3.8) is 0 Å². The smallest absolute Gasteiger partial charge is 0.118 e. The molecule has 0 heterocycles. The maximum absolute atomic E-state index is 10.0.